The van der Waals surface area contributed by atoms with E-state index < -0.39 is 10.4 Å². The van der Waals surface area contributed by atoms with E-state index in [-0.39, 0.29) is 6.61 Å². The van der Waals surface area contributed by atoms with Crippen LogP contribution in [-0.2, 0) is 0 Å². The molecule has 2 atom stereocenters. The summed E-state index contributed by atoms with van der Waals surface area (Å²) in [6.45, 7) is 1.61. The first-order valence-electron chi connectivity index (χ1n) is 4.81. The van der Waals surface area contributed by atoms with Crippen LogP contribution in [0.25, 0.3) is 0 Å². The summed E-state index contributed by atoms with van der Waals surface area (Å²) in [5.74, 6) is 0.669. The third-order valence-electron chi connectivity index (χ3n) is 1.93. The predicted octanol–water partition coefficient (Wildman–Crippen LogP) is 3.77. The molecular weight excluding hydrogens is 315 g/mol. The maximum atomic E-state index is 8.85. The molecule has 1 aromatic rings. The van der Waals surface area contributed by atoms with Gasteiger partial charge in [0.1, 0.15) is 5.75 Å². The first-order chi connectivity index (χ1) is 7.43. The van der Waals surface area contributed by atoms with E-state index in [1.807, 2.05) is 24.3 Å². The second-order valence-corrected chi connectivity index (χ2v) is 5.97. The van der Waals surface area contributed by atoms with E-state index in [1.165, 1.54) is 0 Å². The maximum absolute atomic E-state index is 8.85. The quantitative estimate of drug-likeness (QED) is 0.834. The maximum Gasteiger partial charge on any atom is 0.181 e. The minimum absolute atomic E-state index is 0.117. The molecular formula is C11H13BrCl2O2. The Kier molecular flexibility index (Phi) is 5.38. The minimum atomic E-state index is -0.914. The lowest BCUT2D eigenvalue weighted by Gasteiger charge is -2.25. The first kappa shape index (κ1) is 14.1. The van der Waals surface area contributed by atoms with Gasteiger partial charge in [-0.1, -0.05) is 27.5 Å². The summed E-state index contributed by atoms with van der Waals surface area (Å²) < 4.78 is 6.55. The van der Waals surface area contributed by atoms with Crippen LogP contribution in [0.3, 0.4) is 0 Å². The fourth-order valence-corrected chi connectivity index (χ4v) is 2.16. The van der Waals surface area contributed by atoms with E-state index in [0.717, 1.165) is 4.47 Å². The second-order valence-electron chi connectivity index (χ2n) is 3.64. The van der Waals surface area contributed by atoms with Gasteiger partial charge < -0.3 is 9.84 Å². The molecule has 0 spiro atoms. The van der Waals surface area contributed by atoms with E-state index in [1.54, 1.807) is 6.92 Å². The molecule has 1 N–H and O–H groups in total. The molecule has 0 fully saturated rings. The molecule has 0 aliphatic carbocycles. The summed E-state index contributed by atoms with van der Waals surface area (Å²) in [7, 11) is 0. The fraction of sp³-hybridized carbons (Fsp3) is 0.455. The van der Waals surface area contributed by atoms with Crippen LogP contribution >= 0.6 is 39.1 Å². The molecule has 0 saturated carbocycles. The lowest BCUT2D eigenvalue weighted by Crippen LogP contribution is -2.29. The molecule has 5 heteroatoms. The molecule has 90 valence electrons. The molecule has 0 aliphatic rings. The van der Waals surface area contributed by atoms with Crippen molar-refractivity contribution in [3.05, 3.63) is 28.7 Å². The van der Waals surface area contributed by atoms with Crippen LogP contribution in [0.1, 0.15) is 13.3 Å². The summed E-state index contributed by atoms with van der Waals surface area (Å²) in [6, 6.07) is 7.36. The molecule has 0 amide bonds. The highest BCUT2D eigenvalue weighted by molar-refractivity contribution is 9.10. The Bertz CT molecular complexity index is 327. The van der Waals surface area contributed by atoms with Crippen molar-refractivity contribution in [3.63, 3.8) is 0 Å². The van der Waals surface area contributed by atoms with Crippen LogP contribution in [-0.4, -0.2) is 22.2 Å². The zero-order valence-electron chi connectivity index (χ0n) is 8.79. The zero-order chi connectivity index (χ0) is 12.2. The SMILES string of the molecule is CC(Cl)(CC(Cl)CO)Oc1ccc(Br)cc1. The molecule has 0 aromatic heterocycles. The Hall–Kier alpha value is 0.0400. The van der Waals surface area contributed by atoms with Gasteiger partial charge in [0, 0.05) is 10.9 Å². The summed E-state index contributed by atoms with van der Waals surface area (Å²) in [6.07, 6.45) is 0.364. The van der Waals surface area contributed by atoms with E-state index in [9.17, 15) is 0 Å². The molecule has 2 unspecified atom stereocenters. The van der Waals surface area contributed by atoms with E-state index in [0.29, 0.717) is 12.2 Å². The van der Waals surface area contributed by atoms with Gasteiger partial charge in [-0.2, -0.15) is 0 Å². The summed E-state index contributed by atoms with van der Waals surface area (Å²) in [5, 5.41) is 7.53. The van der Waals surface area contributed by atoms with Gasteiger partial charge in [-0.3, -0.25) is 0 Å². The summed E-state index contributed by atoms with van der Waals surface area (Å²) >= 11 is 15.3. The molecule has 0 heterocycles. The monoisotopic (exact) mass is 326 g/mol. The van der Waals surface area contributed by atoms with Crippen molar-refractivity contribution in [2.24, 2.45) is 0 Å². The van der Waals surface area contributed by atoms with Crippen molar-refractivity contribution in [1.82, 2.24) is 0 Å². The number of aliphatic hydroxyl groups excluding tert-OH is 1. The van der Waals surface area contributed by atoms with Crippen molar-refractivity contribution in [1.29, 1.82) is 0 Å². The van der Waals surface area contributed by atoms with Gasteiger partial charge in [-0.25, -0.2) is 0 Å². The molecule has 0 saturated heterocycles. The number of benzene rings is 1. The first-order valence-corrected chi connectivity index (χ1v) is 6.42. The van der Waals surface area contributed by atoms with Gasteiger partial charge in [0.05, 0.1) is 12.0 Å². The van der Waals surface area contributed by atoms with Gasteiger partial charge in [0.2, 0.25) is 0 Å². The van der Waals surface area contributed by atoms with E-state index >= 15 is 0 Å². The molecule has 1 rings (SSSR count). The predicted molar refractivity (Wildman–Crippen MR) is 70.4 cm³/mol. The average Bonchev–Trinajstić information content (AvgIpc) is 2.20. The normalized spacial score (nSPS) is 16.6. The largest absolute Gasteiger partial charge is 0.472 e. The van der Waals surface area contributed by atoms with Gasteiger partial charge in [0.25, 0.3) is 0 Å². The second kappa shape index (κ2) is 6.10. The minimum Gasteiger partial charge on any atom is -0.472 e. The highest BCUT2D eigenvalue weighted by Crippen LogP contribution is 2.28. The molecule has 0 bridgehead atoms. The van der Waals surface area contributed by atoms with Crippen molar-refractivity contribution in [3.8, 4) is 5.75 Å². The van der Waals surface area contributed by atoms with Crippen molar-refractivity contribution in [2.45, 2.75) is 23.8 Å². The number of ether oxygens (including phenoxy) is 1. The molecule has 2 nitrogen and oxygen atoms in total. The molecule has 1 aromatic carbocycles. The van der Waals surface area contributed by atoms with Gasteiger partial charge >= 0.3 is 0 Å². The molecule has 0 aliphatic heterocycles. The smallest absolute Gasteiger partial charge is 0.181 e. The van der Waals surface area contributed by atoms with Crippen LogP contribution < -0.4 is 4.74 Å². The molecule has 16 heavy (non-hydrogen) atoms. The number of hydrogen-bond donors (Lipinski definition) is 1. The Morgan fingerprint density at radius 2 is 2.00 bits per heavy atom. The topological polar surface area (TPSA) is 29.5 Å². The lowest BCUT2D eigenvalue weighted by molar-refractivity contribution is 0.153. The number of aliphatic hydroxyl groups is 1. The zero-order valence-corrected chi connectivity index (χ0v) is 11.9. The van der Waals surface area contributed by atoms with Gasteiger partial charge in [-0.15, -0.1) is 11.6 Å². The Morgan fingerprint density at radius 3 is 2.50 bits per heavy atom. The van der Waals surface area contributed by atoms with Gasteiger partial charge in [-0.05, 0) is 31.2 Å². The number of rotatable bonds is 5. The van der Waals surface area contributed by atoms with Crippen molar-refractivity contribution in [2.75, 3.05) is 6.61 Å². The van der Waals surface area contributed by atoms with Crippen molar-refractivity contribution >= 4 is 39.1 Å². The third-order valence-corrected chi connectivity index (χ3v) is 2.98. The third kappa shape index (κ3) is 4.91. The van der Waals surface area contributed by atoms with Crippen LogP contribution in [0, 0.1) is 0 Å². The van der Waals surface area contributed by atoms with Crippen molar-refractivity contribution < 1.29 is 9.84 Å². The highest BCUT2D eigenvalue weighted by Gasteiger charge is 2.26. The van der Waals surface area contributed by atoms with Crippen LogP contribution in [0.5, 0.6) is 5.75 Å². The fourth-order valence-electron chi connectivity index (χ4n) is 1.25. The average molecular weight is 328 g/mol. The number of halogens is 3. The van der Waals surface area contributed by atoms with E-state index in [4.69, 9.17) is 33.0 Å². The summed E-state index contributed by atoms with van der Waals surface area (Å²) in [4.78, 5) is 0. The van der Waals surface area contributed by atoms with Gasteiger partial charge in [0.15, 0.2) is 5.06 Å². The summed E-state index contributed by atoms with van der Waals surface area (Å²) in [5.41, 5.74) is 0. The van der Waals surface area contributed by atoms with Crippen LogP contribution in [0.2, 0.25) is 0 Å². The Labute approximate surface area is 114 Å². The van der Waals surface area contributed by atoms with Crippen LogP contribution in [0.4, 0.5) is 0 Å². The number of hydrogen-bond acceptors (Lipinski definition) is 2. The standard InChI is InChI=1S/C11H13BrCl2O2/c1-11(14,6-9(13)7-15)16-10-4-2-8(12)3-5-10/h2-5,9,15H,6-7H2,1H3. The lowest BCUT2D eigenvalue weighted by atomic mass is 10.2. The Morgan fingerprint density at radius 1 is 1.44 bits per heavy atom. The molecule has 0 radical (unpaired) electrons. The highest BCUT2D eigenvalue weighted by atomic mass is 79.9. The Balaban J connectivity index is 2.61. The number of alkyl halides is 2. The van der Waals surface area contributed by atoms with Crippen LogP contribution in [0.15, 0.2) is 28.7 Å². The van der Waals surface area contributed by atoms with E-state index in [2.05, 4.69) is 15.9 Å².